The molecule has 0 unspecified atom stereocenters. The number of pyridine rings is 6. The van der Waals surface area contributed by atoms with E-state index in [0.29, 0.717) is 11.3 Å². The van der Waals surface area contributed by atoms with Crippen LogP contribution >= 0.6 is 0 Å². The van der Waals surface area contributed by atoms with Crippen molar-refractivity contribution >= 4 is 0 Å². The number of hydrogen-bond donors (Lipinski definition) is 0. The van der Waals surface area contributed by atoms with Gasteiger partial charge in [0.1, 0.15) is 42.3 Å². The lowest BCUT2D eigenvalue weighted by molar-refractivity contribution is -0.666. The predicted octanol–water partition coefficient (Wildman–Crippen LogP) is 16.5. The minimum absolute atomic E-state index is 0.350. The SMILES string of the molecule is Cc1cc[n+](C)c(-c2ccccc2C)c1.Cc1cc[n+](C)c(-c2ccccc2C)c1.Cc1ccc(-c2ccccc2C)[n+](C)c1.Cc1ccccc1-c1cccc[n+]1C.[2H]C([2H])([2H])c1ccc(-c2ccccc2C)[n+](C)c1.[2H]C([2H])([2H])c1cccc(-c2ccccc2C)[n+]1C. The van der Waals surface area contributed by atoms with Gasteiger partial charge in [-0.2, -0.15) is 4.57 Å². The molecule has 0 bridgehead atoms. The van der Waals surface area contributed by atoms with Crippen molar-refractivity contribution in [3.05, 3.63) is 323 Å². The molecular formula is C83H94N6+6. The summed E-state index contributed by atoms with van der Waals surface area (Å²) in [6, 6.07) is 78.2. The maximum absolute atomic E-state index is 7.54. The van der Waals surface area contributed by atoms with E-state index in [0.717, 1.165) is 28.1 Å². The van der Waals surface area contributed by atoms with E-state index in [1.807, 2.05) is 92.2 Å². The molecule has 6 aromatic heterocycles. The molecule has 0 aliphatic rings. The zero-order valence-electron chi connectivity index (χ0n) is 61.0. The van der Waals surface area contributed by atoms with E-state index in [1.54, 1.807) is 36.0 Å². The lowest BCUT2D eigenvalue weighted by atomic mass is 10.0. The average Bonchev–Trinajstić information content (AvgIpc) is 0.835. The van der Waals surface area contributed by atoms with E-state index in [4.69, 9.17) is 8.22 Å². The Balaban J connectivity index is 0.000000161. The molecule has 0 aliphatic carbocycles. The molecule has 6 heteroatoms. The summed E-state index contributed by atoms with van der Waals surface area (Å²) < 4.78 is 57.1. The maximum Gasteiger partial charge on any atom is 0.212 e. The van der Waals surface area contributed by atoms with Gasteiger partial charge < -0.3 is 0 Å². The summed E-state index contributed by atoms with van der Waals surface area (Å²) in [5.41, 5.74) is 26.6. The van der Waals surface area contributed by atoms with Crippen LogP contribution in [-0.2, 0) is 42.3 Å². The van der Waals surface area contributed by atoms with Crippen LogP contribution in [0.5, 0.6) is 0 Å². The molecule has 0 saturated heterocycles. The van der Waals surface area contributed by atoms with Crippen molar-refractivity contribution in [2.24, 2.45) is 42.3 Å². The van der Waals surface area contributed by atoms with Crippen LogP contribution in [0.4, 0.5) is 0 Å². The van der Waals surface area contributed by atoms with Gasteiger partial charge in [0, 0.05) is 120 Å². The summed E-state index contributed by atoms with van der Waals surface area (Å²) in [5.74, 6) is 0. The zero-order valence-corrected chi connectivity index (χ0v) is 55.0. The molecule has 0 atom stereocenters. The molecule has 0 saturated carbocycles. The number of hydrogen-bond acceptors (Lipinski definition) is 0. The topological polar surface area (TPSA) is 23.3 Å². The van der Waals surface area contributed by atoms with Gasteiger partial charge in [-0.15, -0.1) is 0 Å². The molecule has 450 valence electrons. The summed E-state index contributed by atoms with van der Waals surface area (Å²) in [6.07, 6.45) is 10.1. The van der Waals surface area contributed by atoms with Crippen LogP contribution in [0.3, 0.4) is 0 Å². The van der Waals surface area contributed by atoms with E-state index >= 15 is 0 Å². The number of aryl methyl sites for hydroxylation is 16. The van der Waals surface area contributed by atoms with Crippen molar-refractivity contribution < 1.29 is 35.6 Å². The molecule has 6 nitrogen and oxygen atoms in total. The third-order valence-corrected chi connectivity index (χ3v) is 15.8. The minimum atomic E-state index is -2.09. The van der Waals surface area contributed by atoms with Gasteiger partial charge in [0.15, 0.2) is 36.7 Å². The zero-order chi connectivity index (χ0) is 69.1. The highest BCUT2D eigenvalue weighted by Gasteiger charge is 2.16. The molecule has 0 amide bonds. The quantitative estimate of drug-likeness (QED) is 0.148. The lowest BCUT2D eigenvalue weighted by Gasteiger charge is -2.04. The fraction of sp³-hybridized carbons (Fsp3) is 0.205. The van der Waals surface area contributed by atoms with Gasteiger partial charge in [-0.05, 0) is 174 Å². The number of nitrogens with zero attached hydrogens (tertiary/aromatic N) is 6. The highest BCUT2D eigenvalue weighted by Crippen LogP contribution is 2.25. The van der Waals surface area contributed by atoms with Gasteiger partial charge in [0.2, 0.25) is 34.2 Å². The first kappa shape index (κ1) is 58.2. The fourth-order valence-corrected chi connectivity index (χ4v) is 10.6. The molecule has 6 heterocycles. The Hall–Kier alpha value is -9.78. The summed E-state index contributed by atoms with van der Waals surface area (Å²) in [5, 5.41) is 0. The third-order valence-electron chi connectivity index (χ3n) is 15.8. The van der Waals surface area contributed by atoms with Crippen LogP contribution in [0.25, 0.3) is 67.5 Å². The summed E-state index contributed by atoms with van der Waals surface area (Å²) in [7, 11) is 12.0. The van der Waals surface area contributed by atoms with Gasteiger partial charge >= 0.3 is 0 Å². The normalized spacial score (nSPS) is 11.6. The van der Waals surface area contributed by atoms with Crippen molar-refractivity contribution in [3.8, 4) is 67.5 Å². The Morgan fingerprint density at radius 2 is 0.551 bits per heavy atom. The lowest BCUT2D eigenvalue weighted by Crippen LogP contribution is -2.34. The van der Waals surface area contributed by atoms with Crippen molar-refractivity contribution in [1.82, 2.24) is 0 Å². The second-order valence-corrected chi connectivity index (χ2v) is 23.0. The van der Waals surface area contributed by atoms with Gasteiger partial charge in [-0.3, -0.25) is 0 Å². The number of benzene rings is 6. The molecule has 0 radical (unpaired) electrons. The largest absolute Gasteiger partial charge is 0.212 e. The molecule has 0 spiro atoms. The number of rotatable bonds is 6. The molecule has 0 N–H and O–H groups in total. The first-order chi connectivity index (χ1) is 45.1. The van der Waals surface area contributed by atoms with Crippen LogP contribution in [0.2, 0.25) is 0 Å². The first-order valence-corrected chi connectivity index (χ1v) is 30.3. The average molecular weight is 1180 g/mol. The standard InChI is InChI=1S/5C14H16N.C13H14N/c1-11-7-4-5-9-13(11)14-10-6-8-12(2)15(14)3;2*1-11-8-9-15(3)14(10-11)13-7-5-4-6-12(13)2;2*1-11-8-9-14(15(3)10-11)13-7-5-4-6-12(13)2;1-11-7-3-4-8-12(11)13-9-5-6-10-14(13)2/h5*4-10H,1-3H3;3-10H,1-2H3/q6*+1/i2D3;;;1D3;;. The molecule has 12 rings (SSSR count). The second-order valence-electron chi connectivity index (χ2n) is 23.0. The van der Waals surface area contributed by atoms with Gasteiger partial charge in [-0.25, -0.2) is 22.8 Å². The minimum Gasteiger partial charge on any atom is -0.201 e. The molecule has 89 heavy (non-hydrogen) atoms. The summed E-state index contributed by atoms with van der Waals surface area (Å²) >= 11 is 0. The fourth-order valence-electron chi connectivity index (χ4n) is 10.6. The van der Waals surface area contributed by atoms with E-state index in [1.165, 1.54) is 89.5 Å². The maximum atomic E-state index is 7.54. The molecule has 6 aromatic carbocycles. The Morgan fingerprint density at radius 1 is 0.236 bits per heavy atom. The second kappa shape index (κ2) is 32.3. The van der Waals surface area contributed by atoms with Crippen LogP contribution in [-0.4, -0.2) is 0 Å². The smallest absolute Gasteiger partial charge is 0.201 e. The van der Waals surface area contributed by atoms with Crippen molar-refractivity contribution in [2.45, 2.75) is 76.0 Å². The summed E-state index contributed by atoms with van der Waals surface area (Å²) in [6.45, 7) is 14.9. The van der Waals surface area contributed by atoms with Gasteiger partial charge in [0.25, 0.3) is 0 Å². The summed E-state index contributed by atoms with van der Waals surface area (Å²) in [4.78, 5) is 0. The first-order valence-electron chi connectivity index (χ1n) is 33.3. The van der Waals surface area contributed by atoms with Crippen molar-refractivity contribution in [2.75, 3.05) is 0 Å². The van der Waals surface area contributed by atoms with E-state index in [9.17, 15) is 0 Å². The highest BCUT2D eigenvalue weighted by molar-refractivity contribution is 5.65. The molecule has 12 aromatic rings. The van der Waals surface area contributed by atoms with E-state index in [2.05, 4.69) is 265 Å². The Labute approximate surface area is 541 Å². The Kier molecular flexibility index (Phi) is 21.1. The van der Waals surface area contributed by atoms with Crippen LogP contribution < -0.4 is 27.4 Å². The van der Waals surface area contributed by atoms with Crippen molar-refractivity contribution in [1.29, 1.82) is 0 Å². The Morgan fingerprint density at radius 3 is 0.910 bits per heavy atom. The number of aromatic nitrogens is 6. The highest BCUT2D eigenvalue weighted by atomic mass is 14.9. The van der Waals surface area contributed by atoms with Crippen LogP contribution in [0, 0.1) is 76.0 Å². The Bertz CT molecular complexity index is 4410. The monoisotopic (exact) mass is 1180 g/mol. The predicted molar refractivity (Wildman–Crippen MR) is 370 cm³/mol. The molecular weight excluding hydrogens is 1080 g/mol. The van der Waals surface area contributed by atoms with Crippen molar-refractivity contribution in [3.63, 3.8) is 0 Å². The van der Waals surface area contributed by atoms with Crippen LogP contribution in [0.15, 0.2) is 262 Å². The van der Waals surface area contributed by atoms with Crippen LogP contribution in [0.1, 0.15) is 69.6 Å². The molecule has 0 fully saturated rings. The third kappa shape index (κ3) is 18.4. The van der Waals surface area contributed by atoms with E-state index in [-0.39, 0.29) is 0 Å². The molecule has 0 aliphatic heterocycles. The van der Waals surface area contributed by atoms with E-state index < -0.39 is 13.7 Å². The van der Waals surface area contributed by atoms with Gasteiger partial charge in [0.05, 0.1) is 0 Å². The van der Waals surface area contributed by atoms with Gasteiger partial charge in [-0.1, -0.05) is 109 Å².